The Balaban J connectivity index is 2.10. The number of aromatic nitrogens is 2. The van der Waals surface area contributed by atoms with Crippen molar-refractivity contribution in [1.82, 2.24) is 15.1 Å². The molecule has 0 aliphatic rings. The Hall–Kier alpha value is -1.56. The second-order valence-electron chi connectivity index (χ2n) is 4.52. The highest BCUT2D eigenvalue weighted by atomic mass is 35.5. The number of benzene rings is 1. The van der Waals surface area contributed by atoms with Crippen molar-refractivity contribution in [3.05, 3.63) is 56.4 Å². The second kappa shape index (κ2) is 7.45. The summed E-state index contributed by atoms with van der Waals surface area (Å²) in [5.41, 5.74) is 1.41. The van der Waals surface area contributed by atoms with Crippen LogP contribution in [0.2, 0.25) is 10.0 Å². The molecule has 0 atom stereocenters. The summed E-state index contributed by atoms with van der Waals surface area (Å²) in [5, 5.41) is 11.2. The summed E-state index contributed by atoms with van der Waals surface area (Å²) in [6.45, 7) is 1.90. The number of anilines is 1. The van der Waals surface area contributed by atoms with Crippen LogP contribution >= 0.6 is 23.2 Å². The van der Waals surface area contributed by atoms with Gasteiger partial charge >= 0.3 is 0 Å². The molecule has 0 aliphatic carbocycles. The van der Waals surface area contributed by atoms with E-state index in [1.165, 1.54) is 10.7 Å². The molecule has 0 amide bonds. The number of hydrogen-bond donors (Lipinski definition) is 2. The zero-order chi connectivity index (χ0) is 15.2. The van der Waals surface area contributed by atoms with Crippen LogP contribution in [0, 0.1) is 0 Å². The first-order chi connectivity index (χ1) is 10.1. The summed E-state index contributed by atoms with van der Waals surface area (Å²) < 4.78 is 1.38. The molecule has 0 radical (unpaired) electrons. The summed E-state index contributed by atoms with van der Waals surface area (Å²) in [4.78, 5) is 12.0. The van der Waals surface area contributed by atoms with Crippen LogP contribution in [0.3, 0.4) is 0 Å². The van der Waals surface area contributed by atoms with Crippen LogP contribution < -0.4 is 16.2 Å². The molecule has 1 aromatic carbocycles. The molecule has 0 fully saturated rings. The molecule has 0 spiro atoms. The number of hydrogen-bond acceptors (Lipinski definition) is 4. The van der Waals surface area contributed by atoms with E-state index in [0.717, 1.165) is 18.7 Å². The van der Waals surface area contributed by atoms with Gasteiger partial charge in [-0.05, 0) is 24.7 Å². The fourth-order valence-electron chi connectivity index (χ4n) is 1.79. The molecule has 0 aliphatic heterocycles. The number of nitrogens with one attached hydrogen (secondary N) is 2. The van der Waals surface area contributed by atoms with Crippen molar-refractivity contribution in [3.63, 3.8) is 0 Å². The number of rotatable bonds is 6. The summed E-state index contributed by atoms with van der Waals surface area (Å²) in [5.74, 6) is 0. The lowest BCUT2D eigenvalue weighted by Gasteiger charge is -2.08. The number of halogens is 2. The maximum atomic E-state index is 12.0. The smallest absolute Gasteiger partial charge is 0.269 e. The standard InChI is InChI=1S/C14H16Cl2N4O/c1-17-4-5-18-11-7-14(21)20(19-8-11)9-10-2-3-12(15)13(16)6-10/h2-3,6-8,17-18H,4-5,9H2,1H3. The predicted octanol–water partition coefficient (Wildman–Crippen LogP) is 2.23. The topological polar surface area (TPSA) is 59.0 Å². The Bertz CT molecular complexity index is 672. The van der Waals surface area contributed by atoms with Crippen LogP contribution in [0.25, 0.3) is 0 Å². The van der Waals surface area contributed by atoms with Gasteiger partial charge < -0.3 is 10.6 Å². The highest BCUT2D eigenvalue weighted by molar-refractivity contribution is 6.42. The molecule has 7 heteroatoms. The maximum Gasteiger partial charge on any atom is 0.269 e. The molecule has 2 N–H and O–H groups in total. The normalized spacial score (nSPS) is 10.6. The summed E-state index contributed by atoms with van der Waals surface area (Å²) >= 11 is 11.8. The predicted molar refractivity (Wildman–Crippen MR) is 86.5 cm³/mol. The summed E-state index contributed by atoms with van der Waals surface area (Å²) in [6, 6.07) is 6.79. The first-order valence-electron chi connectivity index (χ1n) is 6.49. The van der Waals surface area contributed by atoms with Gasteiger partial charge in [-0.2, -0.15) is 5.10 Å². The first kappa shape index (κ1) is 15.8. The fourth-order valence-corrected chi connectivity index (χ4v) is 2.11. The van der Waals surface area contributed by atoms with Crippen LogP contribution in [-0.2, 0) is 6.54 Å². The zero-order valence-corrected chi connectivity index (χ0v) is 13.1. The fraction of sp³-hybridized carbons (Fsp3) is 0.286. The molecule has 1 aromatic heterocycles. The van der Waals surface area contributed by atoms with Crippen molar-refractivity contribution in [3.8, 4) is 0 Å². The molecular weight excluding hydrogens is 311 g/mol. The van der Waals surface area contributed by atoms with Gasteiger partial charge in [-0.3, -0.25) is 4.79 Å². The molecule has 0 saturated carbocycles. The zero-order valence-electron chi connectivity index (χ0n) is 11.6. The van der Waals surface area contributed by atoms with Crippen LogP contribution in [0.4, 0.5) is 5.69 Å². The molecule has 0 bridgehead atoms. The van der Waals surface area contributed by atoms with Gasteiger partial charge in [0.25, 0.3) is 5.56 Å². The average molecular weight is 327 g/mol. The van der Waals surface area contributed by atoms with Crippen LogP contribution in [-0.4, -0.2) is 29.9 Å². The van der Waals surface area contributed by atoms with E-state index in [2.05, 4.69) is 15.7 Å². The largest absolute Gasteiger partial charge is 0.382 e. The van der Waals surface area contributed by atoms with E-state index >= 15 is 0 Å². The first-order valence-corrected chi connectivity index (χ1v) is 7.25. The third kappa shape index (κ3) is 4.46. The molecule has 21 heavy (non-hydrogen) atoms. The van der Waals surface area contributed by atoms with Gasteiger partial charge in [0.05, 0.1) is 28.5 Å². The molecule has 1 heterocycles. The molecule has 112 valence electrons. The molecule has 5 nitrogen and oxygen atoms in total. The van der Waals surface area contributed by atoms with Gasteiger partial charge in [0.2, 0.25) is 0 Å². The Kier molecular flexibility index (Phi) is 5.61. The third-order valence-electron chi connectivity index (χ3n) is 2.89. The lowest BCUT2D eigenvalue weighted by Crippen LogP contribution is -2.24. The van der Waals surface area contributed by atoms with Crippen molar-refractivity contribution in [2.75, 3.05) is 25.5 Å². The minimum absolute atomic E-state index is 0.171. The highest BCUT2D eigenvalue weighted by Crippen LogP contribution is 2.22. The Morgan fingerprint density at radius 2 is 2.00 bits per heavy atom. The summed E-state index contributed by atoms with van der Waals surface area (Å²) in [7, 11) is 1.87. The third-order valence-corrected chi connectivity index (χ3v) is 3.63. The lowest BCUT2D eigenvalue weighted by molar-refractivity contribution is 0.639. The molecule has 0 saturated heterocycles. The van der Waals surface area contributed by atoms with Crippen LogP contribution in [0.15, 0.2) is 35.3 Å². The molecule has 0 unspecified atom stereocenters. The van der Waals surface area contributed by atoms with Crippen molar-refractivity contribution in [1.29, 1.82) is 0 Å². The molecular formula is C14H16Cl2N4O. The quantitative estimate of drug-likeness (QED) is 0.799. The van der Waals surface area contributed by atoms with Gasteiger partial charge in [-0.15, -0.1) is 0 Å². The van der Waals surface area contributed by atoms with E-state index in [0.29, 0.717) is 22.3 Å². The molecule has 2 aromatic rings. The van der Waals surface area contributed by atoms with Crippen LogP contribution in [0.5, 0.6) is 0 Å². The van der Waals surface area contributed by atoms with E-state index in [1.54, 1.807) is 18.3 Å². The van der Waals surface area contributed by atoms with Gasteiger partial charge in [-0.25, -0.2) is 4.68 Å². The van der Waals surface area contributed by atoms with Gasteiger partial charge in [0.15, 0.2) is 0 Å². The minimum Gasteiger partial charge on any atom is -0.382 e. The molecule has 2 rings (SSSR count). The van der Waals surface area contributed by atoms with Gasteiger partial charge in [0, 0.05) is 19.2 Å². The van der Waals surface area contributed by atoms with Crippen molar-refractivity contribution in [2.45, 2.75) is 6.54 Å². The summed E-state index contributed by atoms with van der Waals surface area (Å²) in [6.07, 6.45) is 1.63. The van der Waals surface area contributed by atoms with E-state index in [-0.39, 0.29) is 5.56 Å². The van der Waals surface area contributed by atoms with E-state index in [1.807, 2.05) is 13.1 Å². The Morgan fingerprint density at radius 1 is 1.19 bits per heavy atom. The Morgan fingerprint density at radius 3 is 2.67 bits per heavy atom. The van der Waals surface area contributed by atoms with Crippen molar-refractivity contribution in [2.24, 2.45) is 0 Å². The van der Waals surface area contributed by atoms with E-state index in [4.69, 9.17) is 23.2 Å². The van der Waals surface area contributed by atoms with E-state index < -0.39 is 0 Å². The van der Waals surface area contributed by atoms with E-state index in [9.17, 15) is 4.79 Å². The SMILES string of the molecule is CNCCNc1cnn(Cc2ccc(Cl)c(Cl)c2)c(=O)c1. The maximum absolute atomic E-state index is 12.0. The average Bonchev–Trinajstić information content (AvgIpc) is 2.46. The number of nitrogens with zero attached hydrogens (tertiary/aromatic N) is 2. The lowest BCUT2D eigenvalue weighted by atomic mass is 10.2. The monoisotopic (exact) mass is 326 g/mol. The van der Waals surface area contributed by atoms with Crippen molar-refractivity contribution >= 4 is 28.9 Å². The highest BCUT2D eigenvalue weighted by Gasteiger charge is 2.04. The van der Waals surface area contributed by atoms with Crippen LogP contribution in [0.1, 0.15) is 5.56 Å². The van der Waals surface area contributed by atoms with Gasteiger partial charge in [0.1, 0.15) is 0 Å². The second-order valence-corrected chi connectivity index (χ2v) is 5.33. The van der Waals surface area contributed by atoms with Crippen molar-refractivity contribution < 1.29 is 0 Å². The van der Waals surface area contributed by atoms with Gasteiger partial charge in [-0.1, -0.05) is 29.3 Å². The number of likely N-dealkylation sites (N-methyl/N-ethyl adjacent to an activating group) is 1. The minimum atomic E-state index is -0.171. The Labute approximate surface area is 132 Å².